The first-order chi connectivity index (χ1) is 7.84. The van der Waals surface area contributed by atoms with Crippen molar-refractivity contribution in [2.75, 3.05) is 0 Å². The number of nitrogens with one attached hydrogen (secondary N) is 2. The lowest BCUT2D eigenvalue weighted by Crippen LogP contribution is -2.24. The zero-order valence-corrected chi connectivity index (χ0v) is 8.63. The molecule has 0 aliphatic carbocycles. The molecule has 1 amide bonds. The molecule has 0 spiro atoms. The lowest BCUT2D eigenvalue weighted by molar-refractivity contribution is -0.121. The molecule has 0 saturated heterocycles. The summed E-state index contributed by atoms with van der Waals surface area (Å²) in [6.07, 6.45) is 6.68. The Balaban J connectivity index is 1.69. The lowest BCUT2D eigenvalue weighted by Gasteiger charge is -2.03. The maximum atomic E-state index is 11.4. The van der Waals surface area contributed by atoms with Gasteiger partial charge >= 0.3 is 0 Å². The summed E-state index contributed by atoms with van der Waals surface area (Å²) in [7, 11) is 0. The average Bonchev–Trinajstić information content (AvgIpc) is 2.96. The van der Waals surface area contributed by atoms with Crippen molar-refractivity contribution >= 4 is 5.91 Å². The van der Waals surface area contributed by atoms with Crippen LogP contribution in [0.4, 0.5) is 0 Å². The SMILES string of the molecule is O=C(CCn1cncn1)NCc1cnc[nH]1. The summed E-state index contributed by atoms with van der Waals surface area (Å²) < 4.78 is 1.62. The molecule has 2 aromatic heterocycles. The fraction of sp³-hybridized carbons (Fsp3) is 0.333. The van der Waals surface area contributed by atoms with Gasteiger partial charge in [-0.1, -0.05) is 0 Å². The van der Waals surface area contributed by atoms with E-state index in [1.165, 1.54) is 6.33 Å². The highest BCUT2D eigenvalue weighted by atomic mass is 16.1. The van der Waals surface area contributed by atoms with E-state index < -0.39 is 0 Å². The number of hydrogen-bond donors (Lipinski definition) is 2. The number of hydrogen-bond acceptors (Lipinski definition) is 4. The van der Waals surface area contributed by atoms with Gasteiger partial charge in [0.2, 0.25) is 5.91 Å². The topological polar surface area (TPSA) is 88.5 Å². The van der Waals surface area contributed by atoms with Crippen molar-refractivity contribution in [2.45, 2.75) is 19.5 Å². The van der Waals surface area contributed by atoms with Crippen molar-refractivity contribution in [3.63, 3.8) is 0 Å². The van der Waals surface area contributed by atoms with Gasteiger partial charge in [-0.05, 0) is 0 Å². The summed E-state index contributed by atoms with van der Waals surface area (Å²) in [6.45, 7) is 1.00. The van der Waals surface area contributed by atoms with Gasteiger partial charge in [0.25, 0.3) is 0 Å². The van der Waals surface area contributed by atoms with Crippen molar-refractivity contribution in [1.29, 1.82) is 0 Å². The molecule has 0 aliphatic rings. The van der Waals surface area contributed by atoms with E-state index >= 15 is 0 Å². The van der Waals surface area contributed by atoms with E-state index in [9.17, 15) is 4.79 Å². The molecule has 0 unspecified atom stereocenters. The monoisotopic (exact) mass is 220 g/mol. The molecule has 7 nitrogen and oxygen atoms in total. The second-order valence-electron chi connectivity index (χ2n) is 3.26. The van der Waals surface area contributed by atoms with E-state index in [-0.39, 0.29) is 5.91 Å². The summed E-state index contributed by atoms with van der Waals surface area (Å²) >= 11 is 0. The van der Waals surface area contributed by atoms with Crippen LogP contribution in [0.3, 0.4) is 0 Å². The number of aryl methyl sites for hydroxylation is 1. The first kappa shape index (κ1) is 10.3. The second kappa shape index (κ2) is 5.06. The third kappa shape index (κ3) is 2.91. The average molecular weight is 220 g/mol. The van der Waals surface area contributed by atoms with Gasteiger partial charge in [-0.15, -0.1) is 0 Å². The fourth-order valence-electron chi connectivity index (χ4n) is 1.23. The van der Waals surface area contributed by atoms with Crippen molar-refractivity contribution in [2.24, 2.45) is 0 Å². The van der Waals surface area contributed by atoms with E-state index in [4.69, 9.17) is 0 Å². The highest BCUT2D eigenvalue weighted by Gasteiger charge is 2.02. The standard InChI is InChI=1S/C9H12N6O/c16-9(1-2-15-7-11-6-14-15)12-4-8-3-10-5-13-8/h3,5-7H,1-2,4H2,(H,10,13)(H,12,16). The van der Waals surface area contributed by atoms with E-state index in [1.807, 2.05) is 0 Å². The molecule has 0 fully saturated rings. The molecule has 0 aromatic carbocycles. The van der Waals surface area contributed by atoms with Crippen LogP contribution in [0.5, 0.6) is 0 Å². The molecular formula is C9H12N6O. The zero-order valence-electron chi connectivity index (χ0n) is 8.63. The molecule has 0 saturated carbocycles. The Labute approximate surface area is 91.9 Å². The Morgan fingerprint density at radius 3 is 3.12 bits per heavy atom. The van der Waals surface area contributed by atoms with Gasteiger partial charge in [0, 0.05) is 12.6 Å². The molecule has 0 aliphatic heterocycles. The molecule has 2 rings (SSSR count). The van der Waals surface area contributed by atoms with Crippen LogP contribution in [0.25, 0.3) is 0 Å². The maximum absolute atomic E-state index is 11.4. The van der Waals surface area contributed by atoms with Crippen molar-refractivity contribution < 1.29 is 4.79 Å². The molecule has 2 aromatic rings. The fourth-order valence-corrected chi connectivity index (χ4v) is 1.23. The Morgan fingerprint density at radius 1 is 1.50 bits per heavy atom. The van der Waals surface area contributed by atoms with Gasteiger partial charge < -0.3 is 10.3 Å². The van der Waals surface area contributed by atoms with Crippen LogP contribution >= 0.6 is 0 Å². The predicted octanol–water partition coefficient (Wildman–Crippen LogP) is -0.292. The first-order valence-electron chi connectivity index (χ1n) is 4.91. The van der Waals surface area contributed by atoms with Crippen LogP contribution in [0, 0.1) is 0 Å². The number of carbonyl (C=O) groups excluding carboxylic acids is 1. The Morgan fingerprint density at radius 2 is 2.44 bits per heavy atom. The van der Waals surface area contributed by atoms with Gasteiger partial charge in [0.1, 0.15) is 12.7 Å². The Kier molecular flexibility index (Phi) is 3.27. The summed E-state index contributed by atoms with van der Waals surface area (Å²) in [4.78, 5) is 22.0. The Bertz CT molecular complexity index is 381. The molecule has 2 N–H and O–H groups in total. The van der Waals surface area contributed by atoms with E-state index in [0.717, 1.165) is 5.69 Å². The van der Waals surface area contributed by atoms with E-state index in [1.54, 1.807) is 23.5 Å². The van der Waals surface area contributed by atoms with Gasteiger partial charge in [-0.25, -0.2) is 9.97 Å². The summed E-state index contributed by atoms with van der Waals surface area (Å²) in [5, 5.41) is 6.68. The molecule has 7 heteroatoms. The largest absolute Gasteiger partial charge is 0.350 e. The van der Waals surface area contributed by atoms with Gasteiger partial charge in [0.15, 0.2) is 0 Å². The highest BCUT2D eigenvalue weighted by Crippen LogP contribution is 1.91. The third-order valence-electron chi connectivity index (χ3n) is 2.07. The number of nitrogens with zero attached hydrogens (tertiary/aromatic N) is 4. The third-order valence-corrected chi connectivity index (χ3v) is 2.07. The Hall–Kier alpha value is -2.18. The minimum absolute atomic E-state index is 0.0231. The van der Waals surface area contributed by atoms with Crippen molar-refractivity contribution in [3.8, 4) is 0 Å². The number of imidazole rings is 1. The second-order valence-corrected chi connectivity index (χ2v) is 3.26. The summed E-state index contributed by atoms with van der Waals surface area (Å²) in [5.74, 6) is -0.0231. The summed E-state index contributed by atoms with van der Waals surface area (Å²) in [5.41, 5.74) is 0.883. The number of amides is 1. The van der Waals surface area contributed by atoms with Crippen molar-refractivity contribution in [3.05, 3.63) is 30.9 Å². The van der Waals surface area contributed by atoms with Crippen LogP contribution in [0.1, 0.15) is 12.1 Å². The quantitative estimate of drug-likeness (QED) is 0.724. The molecule has 16 heavy (non-hydrogen) atoms. The van der Waals surface area contributed by atoms with Crippen LogP contribution in [-0.4, -0.2) is 30.6 Å². The van der Waals surface area contributed by atoms with Crippen LogP contribution in [0.2, 0.25) is 0 Å². The molecule has 2 heterocycles. The molecule has 0 bridgehead atoms. The van der Waals surface area contributed by atoms with Crippen molar-refractivity contribution in [1.82, 2.24) is 30.0 Å². The smallest absolute Gasteiger partial charge is 0.222 e. The number of H-pyrrole nitrogens is 1. The zero-order chi connectivity index (χ0) is 11.2. The number of aromatic nitrogens is 5. The number of aromatic amines is 1. The predicted molar refractivity (Wildman–Crippen MR) is 55.1 cm³/mol. The molecule has 0 radical (unpaired) electrons. The first-order valence-corrected chi connectivity index (χ1v) is 4.91. The van der Waals surface area contributed by atoms with Gasteiger partial charge in [-0.3, -0.25) is 9.48 Å². The van der Waals surface area contributed by atoms with Gasteiger partial charge in [0.05, 0.1) is 25.1 Å². The highest BCUT2D eigenvalue weighted by molar-refractivity contribution is 5.75. The van der Waals surface area contributed by atoms with Crippen LogP contribution in [0.15, 0.2) is 25.2 Å². The number of rotatable bonds is 5. The van der Waals surface area contributed by atoms with Gasteiger partial charge in [-0.2, -0.15) is 5.10 Å². The molecular weight excluding hydrogens is 208 g/mol. The molecule has 0 atom stereocenters. The minimum Gasteiger partial charge on any atom is -0.350 e. The minimum atomic E-state index is -0.0231. The van der Waals surface area contributed by atoms with Crippen LogP contribution in [-0.2, 0) is 17.9 Å². The maximum Gasteiger partial charge on any atom is 0.222 e. The van der Waals surface area contributed by atoms with Crippen LogP contribution < -0.4 is 5.32 Å². The van der Waals surface area contributed by atoms with E-state index in [0.29, 0.717) is 19.5 Å². The molecule has 84 valence electrons. The lowest BCUT2D eigenvalue weighted by atomic mass is 10.4. The number of carbonyl (C=O) groups is 1. The normalized spacial score (nSPS) is 10.2. The summed E-state index contributed by atoms with van der Waals surface area (Å²) in [6, 6.07) is 0. The van der Waals surface area contributed by atoms with E-state index in [2.05, 4.69) is 25.4 Å².